The van der Waals surface area contributed by atoms with Gasteiger partial charge in [0, 0.05) is 17.0 Å². The van der Waals surface area contributed by atoms with Crippen LogP contribution in [0.5, 0.6) is 0 Å². The minimum absolute atomic E-state index is 0.580. The molecule has 1 aromatic carbocycles. The molecule has 1 unspecified atom stereocenters. The maximum atomic E-state index is 10.6. The zero-order chi connectivity index (χ0) is 14.1. The fourth-order valence-electron chi connectivity index (χ4n) is 2.89. The van der Waals surface area contributed by atoms with Crippen LogP contribution in [-0.2, 0) is 0 Å². The van der Waals surface area contributed by atoms with Gasteiger partial charge in [-0.25, -0.2) is 0 Å². The van der Waals surface area contributed by atoms with Crippen molar-refractivity contribution in [3.05, 3.63) is 64.5 Å². The molecule has 1 aromatic heterocycles. The third-order valence-electron chi connectivity index (χ3n) is 4.36. The highest BCUT2D eigenvalue weighted by Gasteiger charge is 2.21. The van der Waals surface area contributed by atoms with Gasteiger partial charge in [0.05, 0.1) is 0 Å². The van der Waals surface area contributed by atoms with Crippen molar-refractivity contribution in [1.29, 1.82) is 0 Å². The summed E-state index contributed by atoms with van der Waals surface area (Å²) in [5.41, 5.74) is 5.14. The van der Waals surface area contributed by atoms with Crippen molar-refractivity contribution >= 4 is 0 Å². The maximum absolute atomic E-state index is 10.6. The summed E-state index contributed by atoms with van der Waals surface area (Å²) in [6, 6.07) is 12.4. The van der Waals surface area contributed by atoms with Crippen molar-refractivity contribution in [1.82, 2.24) is 4.98 Å². The molecule has 1 N–H and O–H groups in total. The Morgan fingerprint density at radius 3 is 2.60 bits per heavy atom. The predicted octanol–water partition coefficient (Wildman–Crippen LogP) is 4.05. The highest BCUT2D eigenvalue weighted by molar-refractivity contribution is 5.36. The second-order valence-corrected chi connectivity index (χ2v) is 5.83. The Morgan fingerprint density at radius 1 is 1.15 bits per heavy atom. The van der Waals surface area contributed by atoms with E-state index in [1.54, 1.807) is 0 Å². The van der Waals surface area contributed by atoms with E-state index in [2.05, 4.69) is 23.2 Å². The first kappa shape index (κ1) is 13.3. The van der Waals surface area contributed by atoms with Crippen LogP contribution in [0.1, 0.15) is 59.4 Å². The smallest absolute Gasteiger partial charge is 0.106 e. The van der Waals surface area contributed by atoms with E-state index >= 15 is 0 Å². The summed E-state index contributed by atoms with van der Waals surface area (Å²) in [6.07, 6.45) is 3.32. The summed E-state index contributed by atoms with van der Waals surface area (Å²) in [4.78, 5) is 4.45. The van der Waals surface area contributed by atoms with E-state index in [1.165, 1.54) is 24.8 Å². The first-order valence-electron chi connectivity index (χ1n) is 7.37. The molecular formula is C18H21NO. The molecule has 1 fully saturated rings. The zero-order valence-electron chi connectivity index (χ0n) is 12.1. The molecule has 1 heterocycles. The topological polar surface area (TPSA) is 33.1 Å². The van der Waals surface area contributed by atoms with Gasteiger partial charge in [0.15, 0.2) is 0 Å². The van der Waals surface area contributed by atoms with Gasteiger partial charge in [-0.2, -0.15) is 0 Å². The van der Waals surface area contributed by atoms with Crippen LogP contribution in [0, 0.1) is 13.8 Å². The summed E-state index contributed by atoms with van der Waals surface area (Å²) in [5.74, 6) is 0.694. The Labute approximate surface area is 120 Å². The van der Waals surface area contributed by atoms with Gasteiger partial charge < -0.3 is 5.11 Å². The number of benzene rings is 1. The molecule has 1 atom stereocenters. The first-order chi connectivity index (χ1) is 9.65. The molecule has 1 aliphatic carbocycles. The molecule has 3 rings (SSSR count). The molecule has 20 heavy (non-hydrogen) atoms. The van der Waals surface area contributed by atoms with E-state index in [1.807, 2.05) is 32.0 Å². The van der Waals surface area contributed by atoms with Crippen LogP contribution in [0.3, 0.4) is 0 Å². The third-order valence-corrected chi connectivity index (χ3v) is 4.36. The van der Waals surface area contributed by atoms with Gasteiger partial charge in [0.1, 0.15) is 6.10 Å². The van der Waals surface area contributed by atoms with E-state index in [-0.39, 0.29) is 0 Å². The lowest BCUT2D eigenvalue weighted by Gasteiger charge is -2.26. The summed E-state index contributed by atoms with van der Waals surface area (Å²) in [7, 11) is 0. The zero-order valence-corrected chi connectivity index (χ0v) is 12.1. The fraction of sp³-hybridized carbons (Fsp3) is 0.389. The minimum Gasteiger partial charge on any atom is -0.384 e. The largest absolute Gasteiger partial charge is 0.384 e. The summed E-state index contributed by atoms with van der Waals surface area (Å²) in [6.45, 7) is 3.93. The van der Waals surface area contributed by atoms with Crippen LogP contribution in [0.4, 0.5) is 0 Å². The molecule has 104 valence electrons. The van der Waals surface area contributed by atoms with Gasteiger partial charge in [0.25, 0.3) is 0 Å². The van der Waals surface area contributed by atoms with Gasteiger partial charge in [-0.15, -0.1) is 0 Å². The highest BCUT2D eigenvalue weighted by atomic mass is 16.3. The molecule has 2 nitrogen and oxygen atoms in total. The average molecular weight is 267 g/mol. The molecule has 0 bridgehead atoms. The lowest BCUT2D eigenvalue weighted by atomic mass is 9.79. The van der Waals surface area contributed by atoms with Crippen LogP contribution in [0.2, 0.25) is 0 Å². The lowest BCUT2D eigenvalue weighted by molar-refractivity contribution is 0.218. The summed E-state index contributed by atoms with van der Waals surface area (Å²) < 4.78 is 0. The number of nitrogens with zero attached hydrogens (tertiary/aromatic N) is 1. The molecule has 2 heteroatoms. The second-order valence-electron chi connectivity index (χ2n) is 5.83. The number of hydrogen-bond donors (Lipinski definition) is 1. The highest BCUT2D eigenvalue weighted by Crippen LogP contribution is 2.37. The van der Waals surface area contributed by atoms with E-state index in [9.17, 15) is 5.11 Å². The number of aliphatic hydroxyl groups excluding tert-OH is 1. The Bertz CT molecular complexity index is 617. The molecule has 1 aliphatic rings. The normalized spacial score (nSPS) is 16.8. The van der Waals surface area contributed by atoms with Crippen LogP contribution < -0.4 is 0 Å². The minimum atomic E-state index is -0.580. The van der Waals surface area contributed by atoms with Crippen molar-refractivity contribution in [2.24, 2.45) is 0 Å². The van der Waals surface area contributed by atoms with Gasteiger partial charge in [-0.1, -0.05) is 36.8 Å². The quantitative estimate of drug-likeness (QED) is 0.910. The molecule has 0 spiro atoms. The molecule has 0 amide bonds. The van der Waals surface area contributed by atoms with E-state index < -0.39 is 6.10 Å². The SMILES string of the molecule is Cc1ccc(C(O)c2cccc(C3CCC3)c2)c(C)n1. The van der Waals surface area contributed by atoms with Gasteiger partial charge in [-0.05, 0) is 49.8 Å². The second kappa shape index (κ2) is 5.37. The summed E-state index contributed by atoms with van der Waals surface area (Å²) >= 11 is 0. The van der Waals surface area contributed by atoms with Gasteiger partial charge >= 0.3 is 0 Å². The van der Waals surface area contributed by atoms with Crippen LogP contribution >= 0.6 is 0 Å². The molecule has 0 saturated heterocycles. The van der Waals surface area contributed by atoms with Crippen molar-refractivity contribution in [2.75, 3.05) is 0 Å². The standard InChI is InChI=1S/C18H21NO/c1-12-9-10-17(13(2)19-12)18(20)16-8-4-7-15(11-16)14-5-3-6-14/h4,7-11,14,18,20H,3,5-6H2,1-2H3. The van der Waals surface area contributed by atoms with Crippen molar-refractivity contribution in [3.63, 3.8) is 0 Å². The number of aromatic nitrogens is 1. The number of aryl methyl sites for hydroxylation is 2. The Morgan fingerprint density at radius 2 is 1.95 bits per heavy atom. The molecule has 1 saturated carbocycles. The number of hydrogen-bond acceptors (Lipinski definition) is 2. The van der Waals surface area contributed by atoms with E-state index in [0.29, 0.717) is 5.92 Å². The molecule has 0 radical (unpaired) electrons. The lowest BCUT2D eigenvalue weighted by Crippen LogP contribution is -2.10. The molecular weight excluding hydrogens is 246 g/mol. The Kier molecular flexibility index (Phi) is 3.58. The maximum Gasteiger partial charge on any atom is 0.106 e. The number of rotatable bonds is 3. The summed E-state index contributed by atoms with van der Waals surface area (Å²) in [5, 5.41) is 10.6. The van der Waals surface area contributed by atoms with Crippen LogP contribution in [-0.4, -0.2) is 10.1 Å². The first-order valence-corrected chi connectivity index (χ1v) is 7.37. The fourth-order valence-corrected chi connectivity index (χ4v) is 2.89. The monoisotopic (exact) mass is 267 g/mol. The van der Waals surface area contributed by atoms with Crippen LogP contribution in [0.15, 0.2) is 36.4 Å². The van der Waals surface area contributed by atoms with Crippen LogP contribution in [0.25, 0.3) is 0 Å². The third kappa shape index (κ3) is 2.48. The van der Waals surface area contributed by atoms with Crippen molar-refractivity contribution in [2.45, 2.75) is 45.1 Å². The Hall–Kier alpha value is -1.67. The molecule has 2 aromatic rings. The van der Waals surface area contributed by atoms with Gasteiger partial charge in [-0.3, -0.25) is 4.98 Å². The van der Waals surface area contributed by atoms with E-state index in [0.717, 1.165) is 22.5 Å². The van der Waals surface area contributed by atoms with E-state index in [4.69, 9.17) is 0 Å². The van der Waals surface area contributed by atoms with Crippen molar-refractivity contribution in [3.8, 4) is 0 Å². The predicted molar refractivity (Wildman–Crippen MR) is 80.8 cm³/mol. The number of pyridine rings is 1. The van der Waals surface area contributed by atoms with Crippen molar-refractivity contribution < 1.29 is 5.11 Å². The number of aliphatic hydroxyl groups is 1. The Balaban J connectivity index is 1.91. The van der Waals surface area contributed by atoms with Gasteiger partial charge in [0.2, 0.25) is 0 Å². The molecule has 0 aliphatic heterocycles. The average Bonchev–Trinajstić information content (AvgIpc) is 2.36.